The highest BCUT2D eigenvalue weighted by molar-refractivity contribution is 5.89. The summed E-state index contributed by atoms with van der Waals surface area (Å²) in [5, 5.41) is 13.0. The second-order valence-electron chi connectivity index (χ2n) is 4.66. The molecular formula is C16H11FN2O4. The van der Waals surface area contributed by atoms with Crippen LogP contribution in [0.2, 0.25) is 0 Å². The average Bonchev–Trinajstić information content (AvgIpc) is 3.04. The highest BCUT2D eigenvalue weighted by Gasteiger charge is 2.16. The number of halogens is 1. The molecule has 0 spiro atoms. The van der Waals surface area contributed by atoms with Gasteiger partial charge in [-0.25, -0.2) is 9.18 Å². The van der Waals surface area contributed by atoms with Crippen LogP contribution >= 0.6 is 0 Å². The third-order valence-electron chi connectivity index (χ3n) is 3.17. The standard InChI is InChI=1S/C16H11FN2O4/c1-22-16(21)10-4-7-12(13(17)8-10)15-18-14(19-23-15)9-2-5-11(20)6-3-9/h2-8,20H,1H3. The normalized spacial score (nSPS) is 10.5. The highest BCUT2D eigenvalue weighted by atomic mass is 19.1. The second kappa shape index (κ2) is 5.88. The molecule has 0 unspecified atom stereocenters. The zero-order valence-corrected chi connectivity index (χ0v) is 12.0. The van der Waals surface area contributed by atoms with Crippen molar-refractivity contribution in [2.24, 2.45) is 0 Å². The van der Waals surface area contributed by atoms with Gasteiger partial charge in [0.25, 0.3) is 5.89 Å². The van der Waals surface area contributed by atoms with Gasteiger partial charge in [-0.1, -0.05) is 5.16 Å². The summed E-state index contributed by atoms with van der Waals surface area (Å²) in [4.78, 5) is 15.5. The summed E-state index contributed by atoms with van der Waals surface area (Å²) >= 11 is 0. The van der Waals surface area contributed by atoms with E-state index >= 15 is 0 Å². The first-order valence-electron chi connectivity index (χ1n) is 6.60. The van der Waals surface area contributed by atoms with E-state index in [0.29, 0.717) is 5.56 Å². The Hall–Kier alpha value is -3.22. The average molecular weight is 314 g/mol. The molecule has 3 rings (SSSR count). The Kier molecular flexibility index (Phi) is 3.76. The van der Waals surface area contributed by atoms with E-state index in [-0.39, 0.29) is 28.6 Å². The molecule has 0 aliphatic heterocycles. The number of nitrogens with zero attached hydrogens (tertiary/aromatic N) is 2. The molecule has 7 heteroatoms. The van der Waals surface area contributed by atoms with Gasteiger partial charge in [0.15, 0.2) is 0 Å². The van der Waals surface area contributed by atoms with Gasteiger partial charge in [-0.2, -0.15) is 4.98 Å². The number of aromatic hydroxyl groups is 1. The Balaban J connectivity index is 1.94. The van der Waals surface area contributed by atoms with Gasteiger partial charge < -0.3 is 14.4 Å². The van der Waals surface area contributed by atoms with Crippen molar-refractivity contribution in [3.05, 3.63) is 53.8 Å². The molecule has 3 aromatic rings. The molecule has 0 saturated heterocycles. The SMILES string of the molecule is COC(=O)c1ccc(-c2nc(-c3ccc(O)cc3)no2)c(F)c1. The third-order valence-corrected chi connectivity index (χ3v) is 3.17. The Morgan fingerprint density at radius 1 is 1.22 bits per heavy atom. The van der Waals surface area contributed by atoms with Gasteiger partial charge in [-0.15, -0.1) is 0 Å². The van der Waals surface area contributed by atoms with Crippen molar-refractivity contribution in [3.8, 4) is 28.6 Å². The maximum atomic E-state index is 14.1. The van der Waals surface area contributed by atoms with Gasteiger partial charge in [0.2, 0.25) is 5.82 Å². The van der Waals surface area contributed by atoms with Crippen molar-refractivity contribution < 1.29 is 23.6 Å². The predicted molar refractivity (Wildman–Crippen MR) is 78.1 cm³/mol. The van der Waals surface area contributed by atoms with Gasteiger partial charge in [-0.3, -0.25) is 0 Å². The maximum absolute atomic E-state index is 14.1. The number of hydrogen-bond acceptors (Lipinski definition) is 6. The van der Waals surface area contributed by atoms with Crippen molar-refractivity contribution in [3.63, 3.8) is 0 Å². The van der Waals surface area contributed by atoms with Gasteiger partial charge in [-0.05, 0) is 42.5 Å². The molecule has 0 radical (unpaired) electrons. The molecule has 0 bridgehead atoms. The number of aromatic nitrogens is 2. The molecule has 0 aliphatic carbocycles. The summed E-state index contributed by atoms with van der Waals surface area (Å²) in [5.41, 5.74) is 0.784. The number of methoxy groups -OCH3 is 1. The van der Waals surface area contributed by atoms with E-state index < -0.39 is 11.8 Å². The van der Waals surface area contributed by atoms with E-state index in [9.17, 15) is 14.3 Å². The van der Waals surface area contributed by atoms with E-state index in [1.165, 1.54) is 31.4 Å². The van der Waals surface area contributed by atoms with Crippen LogP contribution in [0.5, 0.6) is 5.75 Å². The van der Waals surface area contributed by atoms with Crippen molar-refractivity contribution in [2.75, 3.05) is 7.11 Å². The number of carbonyl (C=O) groups excluding carboxylic acids is 1. The van der Waals surface area contributed by atoms with Crippen LogP contribution < -0.4 is 0 Å². The molecule has 1 aromatic heterocycles. The summed E-state index contributed by atoms with van der Waals surface area (Å²) in [6.45, 7) is 0. The largest absolute Gasteiger partial charge is 0.508 e. The topological polar surface area (TPSA) is 85.5 Å². The fourth-order valence-electron chi connectivity index (χ4n) is 1.99. The molecule has 0 atom stereocenters. The quantitative estimate of drug-likeness (QED) is 0.748. The van der Waals surface area contributed by atoms with Crippen molar-refractivity contribution >= 4 is 5.97 Å². The van der Waals surface area contributed by atoms with Crippen LogP contribution in [0.4, 0.5) is 4.39 Å². The number of hydrogen-bond donors (Lipinski definition) is 1. The molecule has 0 saturated carbocycles. The zero-order valence-electron chi connectivity index (χ0n) is 12.0. The first-order chi connectivity index (χ1) is 11.1. The van der Waals surface area contributed by atoms with Gasteiger partial charge in [0.05, 0.1) is 18.2 Å². The van der Waals surface area contributed by atoms with Crippen LogP contribution in [0.15, 0.2) is 47.0 Å². The second-order valence-corrected chi connectivity index (χ2v) is 4.66. The molecule has 0 aliphatic rings. The first kappa shape index (κ1) is 14.7. The molecule has 1 N–H and O–H groups in total. The minimum absolute atomic E-state index is 0.0120. The smallest absolute Gasteiger partial charge is 0.337 e. The van der Waals surface area contributed by atoms with Crippen LogP contribution in [0, 0.1) is 5.82 Å². The van der Waals surface area contributed by atoms with Crippen LogP contribution in [0.25, 0.3) is 22.8 Å². The van der Waals surface area contributed by atoms with Crippen LogP contribution in [0.1, 0.15) is 10.4 Å². The molecule has 23 heavy (non-hydrogen) atoms. The molecule has 116 valence electrons. The van der Waals surface area contributed by atoms with E-state index in [4.69, 9.17) is 4.52 Å². The summed E-state index contributed by atoms with van der Waals surface area (Å²) in [5.74, 6) is -0.945. The maximum Gasteiger partial charge on any atom is 0.337 e. The van der Waals surface area contributed by atoms with Gasteiger partial charge in [0, 0.05) is 5.56 Å². The molecule has 1 heterocycles. The Bertz CT molecular complexity index is 859. The fourth-order valence-corrected chi connectivity index (χ4v) is 1.99. The monoisotopic (exact) mass is 314 g/mol. The summed E-state index contributed by atoms with van der Waals surface area (Å²) in [6.07, 6.45) is 0. The number of rotatable bonds is 3. The summed E-state index contributed by atoms with van der Waals surface area (Å²) in [7, 11) is 1.22. The lowest BCUT2D eigenvalue weighted by Crippen LogP contribution is -2.02. The molecule has 2 aromatic carbocycles. The summed E-state index contributed by atoms with van der Waals surface area (Å²) < 4.78 is 23.7. The Labute approximate surface area is 130 Å². The number of ether oxygens (including phenoxy) is 1. The van der Waals surface area contributed by atoms with Crippen molar-refractivity contribution in [1.29, 1.82) is 0 Å². The predicted octanol–water partition coefficient (Wildman–Crippen LogP) is 3.03. The molecule has 0 fully saturated rings. The zero-order chi connectivity index (χ0) is 16.4. The minimum atomic E-state index is -0.672. The van der Waals surface area contributed by atoms with Crippen LogP contribution in [-0.2, 0) is 4.74 Å². The number of phenolic OH excluding ortho intramolecular Hbond substituents is 1. The lowest BCUT2D eigenvalue weighted by molar-refractivity contribution is 0.0600. The molecule has 6 nitrogen and oxygen atoms in total. The first-order valence-corrected chi connectivity index (χ1v) is 6.60. The van der Waals surface area contributed by atoms with E-state index in [1.54, 1.807) is 12.1 Å². The van der Waals surface area contributed by atoms with E-state index in [0.717, 1.165) is 6.07 Å². The minimum Gasteiger partial charge on any atom is -0.508 e. The van der Waals surface area contributed by atoms with Crippen LogP contribution in [0.3, 0.4) is 0 Å². The fraction of sp³-hybridized carbons (Fsp3) is 0.0625. The third kappa shape index (κ3) is 2.89. The lowest BCUT2D eigenvalue weighted by Gasteiger charge is -2.01. The Morgan fingerprint density at radius 3 is 2.61 bits per heavy atom. The van der Waals surface area contributed by atoms with E-state index in [2.05, 4.69) is 14.9 Å². The number of esters is 1. The van der Waals surface area contributed by atoms with Gasteiger partial charge in [0.1, 0.15) is 11.6 Å². The van der Waals surface area contributed by atoms with Gasteiger partial charge >= 0.3 is 5.97 Å². The molecular weight excluding hydrogens is 303 g/mol. The van der Waals surface area contributed by atoms with Crippen molar-refractivity contribution in [1.82, 2.24) is 10.1 Å². The van der Waals surface area contributed by atoms with Crippen LogP contribution in [-0.4, -0.2) is 28.3 Å². The van der Waals surface area contributed by atoms with Crippen molar-refractivity contribution in [2.45, 2.75) is 0 Å². The number of carbonyl (C=O) groups is 1. The number of benzene rings is 2. The Morgan fingerprint density at radius 2 is 1.96 bits per heavy atom. The lowest BCUT2D eigenvalue weighted by atomic mass is 10.1. The summed E-state index contributed by atoms with van der Waals surface area (Å²) in [6, 6.07) is 10.0. The highest BCUT2D eigenvalue weighted by Crippen LogP contribution is 2.26. The molecule has 0 amide bonds. The van der Waals surface area contributed by atoms with E-state index in [1.807, 2.05) is 0 Å². The number of phenols is 1.